The van der Waals surface area contributed by atoms with E-state index in [-0.39, 0.29) is 11.8 Å². The second-order valence-electron chi connectivity index (χ2n) is 7.73. The highest BCUT2D eigenvalue weighted by Gasteiger charge is 2.51. The number of pyridine rings is 1. The fourth-order valence-corrected chi connectivity index (χ4v) is 4.43. The summed E-state index contributed by atoms with van der Waals surface area (Å²) in [5.41, 5.74) is 1.76. The Balaban J connectivity index is 1.30. The molecular formula is C22H21N3O3. The second kappa shape index (κ2) is 6.48. The Bertz CT molecular complexity index is 1050. The maximum atomic E-state index is 13.1. The van der Waals surface area contributed by atoms with Crippen LogP contribution in [-0.4, -0.2) is 46.2 Å². The minimum absolute atomic E-state index is 0.0360. The predicted octanol–water partition coefficient (Wildman–Crippen LogP) is 3.09. The molecule has 2 aliphatic heterocycles. The van der Waals surface area contributed by atoms with Gasteiger partial charge in [-0.25, -0.2) is 0 Å². The number of hydrogen-bond donors (Lipinski definition) is 0. The smallest absolute Gasteiger partial charge is 0.254 e. The number of fused-ring (bicyclic) bond motifs is 1. The second-order valence-corrected chi connectivity index (χ2v) is 7.73. The number of nitrogens with zero attached hydrogens (tertiary/aromatic N) is 3. The first-order chi connectivity index (χ1) is 13.6. The third kappa shape index (κ3) is 2.76. The van der Waals surface area contributed by atoms with Crippen LogP contribution < -0.4 is 0 Å². The first kappa shape index (κ1) is 17.0. The Kier molecular flexibility index (Phi) is 3.93. The monoisotopic (exact) mass is 375 g/mol. The number of likely N-dealkylation sites (tertiary alicyclic amines) is 2. The molecule has 6 nitrogen and oxygen atoms in total. The number of carbonyl (C=O) groups is 2. The molecule has 1 spiro atoms. The van der Waals surface area contributed by atoms with Crippen molar-refractivity contribution < 1.29 is 14.0 Å². The van der Waals surface area contributed by atoms with Crippen molar-refractivity contribution in [3.8, 4) is 0 Å². The van der Waals surface area contributed by atoms with Gasteiger partial charge in [0, 0.05) is 36.8 Å². The molecule has 1 atom stereocenters. The van der Waals surface area contributed by atoms with E-state index in [0.717, 1.165) is 30.5 Å². The van der Waals surface area contributed by atoms with Crippen molar-refractivity contribution in [3.63, 3.8) is 0 Å². The van der Waals surface area contributed by atoms with E-state index in [9.17, 15) is 9.59 Å². The zero-order valence-corrected chi connectivity index (χ0v) is 15.5. The van der Waals surface area contributed by atoms with E-state index in [2.05, 4.69) is 4.98 Å². The van der Waals surface area contributed by atoms with E-state index in [1.165, 1.54) is 0 Å². The van der Waals surface area contributed by atoms with Crippen LogP contribution in [0, 0.1) is 5.41 Å². The molecule has 1 aromatic carbocycles. The lowest BCUT2D eigenvalue weighted by Crippen LogP contribution is -2.38. The Morgan fingerprint density at radius 1 is 1.14 bits per heavy atom. The van der Waals surface area contributed by atoms with E-state index in [1.807, 2.05) is 46.2 Å². The maximum absolute atomic E-state index is 13.1. The summed E-state index contributed by atoms with van der Waals surface area (Å²) in [5, 5.41) is 0.977. The van der Waals surface area contributed by atoms with E-state index >= 15 is 0 Å². The zero-order valence-electron chi connectivity index (χ0n) is 15.5. The average molecular weight is 375 g/mol. The molecule has 5 rings (SSSR count). The molecule has 0 radical (unpaired) electrons. The Labute approximate surface area is 162 Å². The summed E-state index contributed by atoms with van der Waals surface area (Å²) >= 11 is 0. The molecule has 3 aromatic rings. The molecule has 2 amide bonds. The van der Waals surface area contributed by atoms with Gasteiger partial charge in [0.15, 0.2) is 0 Å². The molecule has 142 valence electrons. The van der Waals surface area contributed by atoms with E-state index in [1.54, 1.807) is 18.5 Å². The van der Waals surface area contributed by atoms with Gasteiger partial charge in [-0.2, -0.15) is 0 Å². The van der Waals surface area contributed by atoms with Crippen LogP contribution in [0.4, 0.5) is 0 Å². The average Bonchev–Trinajstić information content (AvgIpc) is 3.44. The number of furan rings is 1. The highest BCUT2D eigenvalue weighted by atomic mass is 16.3. The van der Waals surface area contributed by atoms with Crippen molar-refractivity contribution >= 4 is 22.8 Å². The molecule has 6 heteroatoms. The molecule has 2 aromatic heterocycles. The standard InChI is InChI=1S/C22H21N3O3/c26-20(17-5-4-16-6-12-28-19(16)13-17)25-11-8-22(15-25)7-10-24(21(22)27)14-18-3-1-2-9-23-18/h1-6,9,12-13H,7-8,10-11,14-15H2. The van der Waals surface area contributed by atoms with Gasteiger partial charge in [0.1, 0.15) is 5.58 Å². The van der Waals surface area contributed by atoms with Crippen molar-refractivity contribution in [2.75, 3.05) is 19.6 Å². The molecule has 0 saturated carbocycles. The van der Waals surface area contributed by atoms with Gasteiger partial charge in [-0.1, -0.05) is 12.1 Å². The summed E-state index contributed by atoms with van der Waals surface area (Å²) in [6.45, 7) is 2.35. The van der Waals surface area contributed by atoms with Gasteiger partial charge in [0.2, 0.25) is 5.91 Å². The summed E-state index contributed by atoms with van der Waals surface area (Å²) < 4.78 is 5.41. The van der Waals surface area contributed by atoms with Gasteiger partial charge < -0.3 is 14.2 Å². The summed E-state index contributed by atoms with van der Waals surface area (Å²) in [6, 6.07) is 13.1. The lowest BCUT2D eigenvalue weighted by Gasteiger charge is -2.23. The van der Waals surface area contributed by atoms with Gasteiger partial charge in [-0.3, -0.25) is 14.6 Å². The van der Waals surface area contributed by atoms with Gasteiger partial charge in [-0.15, -0.1) is 0 Å². The minimum Gasteiger partial charge on any atom is -0.464 e. The zero-order chi connectivity index (χ0) is 19.1. The van der Waals surface area contributed by atoms with Crippen LogP contribution in [0.25, 0.3) is 11.0 Å². The van der Waals surface area contributed by atoms with Gasteiger partial charge in [-0.05, 0) is 43.2 Å². The number of benzene rings is 1. The first-order valence-electron chi connectivity index (χ1n) is 9.60. The van der Waals surface area contributed by atoms with Crippen molar-refractivity contribution in [2.24, 2.45) is 5.41 Å². The maximum Gasteiger partial charge on any atom is 0.254 e. The Morgan fingerprint density at radius 3 is 2.89 bits per heavy atom. The van der Waals surface area contributed by atoms with Crippen LogP contribution in [0.3, 0.4) is 0 Å². The molecule has 2 saturated heterocycles. The fourth-order valence-electron chi connectivity index (χ4n) is 4.43. The van der Waals surface area contributed by atoms with Gasteiger partial charge in [0.05, 0.1) is 23.9 Å². The van der Waals surface area contributed by atoms with Crippen LogP contribution in [0.5, 0.6) is 0 Å². The quantitative estimate of drug-likeness (QED) is 0.706. The van der Waals surface area contributed by atoms with E-state index in [4.69, 9.17) is 4.42 Å². The fraction of sp³-hybridized carbons (Fsp3) is 0.318. The lowest BCUT2D eigenvalue weighted by atomic mass is 9.85. The topological polar surface area (TPSA) is 66.7 Å². The van der Waals surface area contributed by atoms with E-state index < -0.39 is 5.41 Å². The van der Waals surface area contributed by atoms with Crippen LogP contribution in [-0.2, 0) is 11.3 Å². The normalized spacial score (nSPS) is 21.9. The molecule has 0 N–H and O–H groups in total. The molecule has 1 unspecified atom stereocenters. The van der Waals surface area contributed by atoms with Crippen LogP contribution in [0.15, 0.2) is 59.3 Å². The molecule has 2 fully saturated rings. The lowest BCUT2D eigenvalue weighted by molar-refractivity contribution is -0.135. The predicted molar refractivity (Wildman–Crippen MR) is 103 cm³/mol. The van der Waals surface area contributed by atoms with Gasteiger partial charge >= 0.3 is 0 Å². The minimum atomic E-state index is -0.445. The highest BCUT2D eigenvalue weighted by molar-refractivity contribution is 5.98. The highest BCUT2D eigenvalue weighted by Crippen LogP contribution is 2.41. The molecule has 4 heterocycles. The molecule has 0 aliphatic carbocycles. The Hall–Kier alpha value is -3.15. The number of hydrogen-bond acceptors (Lipinski definition) is 4. The summed E-state index contributed by atoms with van der Waals surface area (Å²) in [7, 11) is 0. The number of amides is 2. The number of carbonyl (C=O) groups excluding carboxylic acids is 2. The molecule has 28 heavy (non-hydrogen) atoms. The van der Waals surface area contributed by atoms with Crippen LogP contribution >= 0.6 is 0 Å². The van der Waals surface area contributed by atoms with Crippen molar-refractivity contribution in [1.82, 2.24) is 14.8 Å². The number of aromatic nitrogens is 1. The number of rotatable bonds is 3. The summed E-state index contributed by atoms with van der Waals surface area (Å²) in [5.74, 6) is 0.112. The third-order valence-corrected chi connectivity index (χ3v) is 6.02. The van der Waals surface area contributed by atoms with Gasteiger partial charge in [0.25, 0.3) is 5.91 Å². The van der Waals surface area contributed by atoms with Crippen LogP contribution in [0.1, 0.15) is 28.9 Å². The summed E-state index contributed by atoms with van der Waals surface area (Å²) in [4.78, 5) is 34.1. The molecule has 2 aliphatic rings. The SMILES string of the molecule is O=C(c1ccc2ccoc2c1)N1CCC2(CCN(Cc3ccccn3)C2=O)C1. The first-order valence-corrected chi connectivity index (χ1v) is 9.60. The van der Waals surface area contributed by atoms with Crippen LogP contribution in [0.2, 0.25) is 0 Å². The third-order valence-electron chi connectivity index (χ3n) is 6.02. The van der Waals surface area contributed by atoms with E-state index in [0.29, 0.717) is 30.8 Å². The molecular weight excluding hydrogens is 354 g/mol. The van der Waals surface area contributed by atoms with Crippen molar-refractivity contribution in [3.05, 3.63) is 66.2 Å². The summed E-state index contributed by atoms with van der Waals surface area (Å²) in [6.07, 6.45) is 4.88. The molecule has 0 bridgehead atoms. The largest absolute Gasteiger partial charge is 0.464 e. The van der Waals surface area contributed by atoms with Crippen molar-refractivity contribution in [1.29, 1.82) is 0 Å². The van der Waals surface area contributed by atoms with Crippen molar-refractivity contribution in [2.45, 2.75) is 19.4 Å². The Morgan fingerprint density at radius 2 is 2.04 bits per heavy atom.